The maximum Gasteiger partial charge on any atom is 0.224 e. The molecule has 4 saturated carbocycles. The second-order valence-corrected chi connectivity index (χ2v) is 10.0. The molecule has 1 aromatic heterocycles. The molecule has 4 bridgehead atoms. The standard InChI is InChI=1S/C23H27ClN6O/c24-19-2-1-18(31)5-16(19)10-27-22-28-11-17(9-25)21(30-22)29-12-23-6-13-3-14(7-23)20(26)15(4-13)8-23/h1-2,5,11,13-15,20,31H,3-4,6-8,10,12,26H2,(H2,27,28,29,30)/t13?,14-,15+,20-,23-. The van der Waals surface area contributed by atoms with Crippen molar-refractivity contribution in [3.05, 3.63) is 40.5 Å². The first kappa shape index (κ1) is 20.3. The molecule has 1 heterocycles. The lowest BCUT2D eigenvalue weighted by Gasteiger charge is -2.59. The minimum atomic E-state index is 0.152. The number of nitriles is 1. The number of nitrogens with one attached hydrogen (secondary N) is 2. The molecule has 5 atom stereocenters. The highest BCUT2D eigenvalue weighted by Gasteiger charge is 2.54. The average molecular weight is 439 g/mol. The number of aromatic hydroxyl groups is 1. The van der Waals surface area contributed by atoms with Crippen molar-refractivity contribution in [3.8, 4) is 11.8 Å². The zero-order valence-corrected chi connectivity index (χ0v) is 18.1. The Morgan fingerprint density at radius 1 is 1.23 bits per heavy atom. The van der Waals surface area contributed by atoms with E-state index >= 15 is 0 Å². The normalized spacial score (nSPS) is 30.7. The molecule has 4 aliphatic carbocycles. The third-order valence-electron chi connectivity index (χ3n) is 7.48. The first-order valence-electron chi connectivity index (χ1n) is 10.9. The molecule has 4 fully saturated rings. The molecule has 1 unspecified atom stereocenters. The number of nitrogens with two attached hydrogens (primary N) is 1. The third-order valence-corrected chi connectivity index (χ3v) is 7.85. The largest absolute Gasteiger partial charge is 0.508 e. The Labute approximate surface area is 187 Å². The molecule has 0 amide bonds. The van der Waals surface area contributed by atoms with Gasteiger partial charge in [-0.1, -0.05) is 11.6 Å². The van der Waals surface area contributed by atoms with Gasteiger partial charge in [-0.25, -0.2) is 4.98 Å². The van der Waals surface area contributed by atoms with Gasteiger partial charge in [0.05, 0.1) is 6.20 Å². The maximum atomic E-state index is 9.68. The molecule has 31 heavy (non-hydrogen) atoms. The second-order valence-electron chi connectivity index (χ2n) is 9.60. The van der Waals surface area contributed by atoms with Crippen molar-refractivity contribution in [2.24, 2.45) is 28.9 Å². The fourth-order valence-corrected chi connectivity index (χ4v) is 6.46. The van der Waals surface area contributed by atoms with Gasteiger partial charge in [-0.3, -0.25) is 0 Å². The Kier molecular flexibility index (Phi) is 5.15. The number of rotatable bonds is 6. The molecule has 0 saturated heterocycles. The summed E-state index contributed by atoms with van der Waals surface area (Å²) in [5, 5.41) is 26.4. The summed E-state index contributed by atoms with van der Waals surface area (Å²) in [6.45, 7) is 1.18. The second kappa shape index (κ2) is 7.85. The average Bonchev–Trinajstić information content (AvgIpc) is 2.76. The highest BCUT2D eigenvalue weighted by Crippen LogP contribution is 2.59. The van der Waals surface area contributed by atoms with Crippen LogP contribution in [-0.2, 0) is 6.54 Å². The predicted molar refractivity (Wildman–Crippen MR) is 120 cm³/mol. The van der Waals surface area contributed by atoms with Crippen LogP contribution in [0.4, 0.5) is 11.8 Å². The van der Waals surface area contributed by atoms with E-state index in [0.717, 1.165) is 18.0 Å². The summed E-state index contributed by atoms with van der Waals surface area (Å²) in [7, 11) is 0. The molecule has 162 valence electrons. The number of hydrogen-bond acceptors (Lipinski definition) is 7. The van der Waals surface area contributed by atoms with Crippen LogP contribution in [0.5, 0.6) is 5.75 Å². The number of nitrogens with zero attached hydrogens (tertiary/aromatic N) is 3. The van der Waals surface area contributed by atoms with Crippen LogP contribution in [0.15, 0.2) is 24.4 Å². The van der Waals surface area contributed by atoms with Gasteiger partial charge in [-0.15, -0.1) is 0 Å². The van der Waals surface area contributed by atoms with Gasteiger partial charge in [-0.2, -0.15) is 10.2 Å². The molecular weight excluding hydrogens is 412 g/mol. The Morgan fingerprint density at radius 3 is 2.74 bits per heavy atom. The van der Waals surface area contributed by atoms with Crippen molar-refractivity contribution >= 4 is 23.4 Å². The third kappa shape index (κ3) is 3.90. The maximum absolute atomic E-state index is 9.68. The predicted octanol–water partition coefficient (Wildman–Crippen LogP) is 3.88. The molecule has 2 aromatic rings. The summed E-state index contributed by atoms with van der Waals surface area (Å²) in [5.74, 6) is 3.19. The molecular formula is C23H27ClN6O. The Bertz CT molecular complexity index is 1020. The zero-order valence-electron chi connectivity index (χ0n) is 17.3. The molecule has 0 radical (unpaired) electrons. The van der Waals surface area contributed by atoms with E-state index in [2.05, 4.69) is 26.7 Å². The summed E-state index contributed by atoms with van der Waals surface area (Å²) < 4.78 is 0. The summed E-state index contributed by atoms with van der Waals surface area (Å²) >= 11 is 6.20. The van der Waals surface area contributed by atoms with Crippen molar-refractivity contribution in [1.82, 2.24) is 9.97 Å². The van der Waals surface area contributed by atoms with Gasteiger partial charge in [0.2, 0.25) is 5.95 Å². The lowest BCUT2D eigenvalue weighted by Crippen LogP contribution is -2.58. The number of anilines is 2. The van der Waals surface area contributed by atoms with Crippen molar-refractivity contribution in [2.45, 2.75) is 44.7 Å². The highest BCUT2D eigenvalue weighted by molar-refractivity contribution is 6.31. The van der Waals surface area contributed by atoms with Crippen LogP contribution in [0.25, 0.3) is 0 Å². The van der Waals surface area contributed by atoms with E-state index in [-0.39, 0.29) is 11.2 Å². The number of benzene rings is 1. The molecule has 1 aromatic carbocycles. The van der Waals surface area contributed by atoms with Gasteiger partial charge in [-0.05, 0) is 79.0 Å². The topological polar surface area (TPSA) is 120 Å². The summed E-state index contributed by atoms with van der Waals surface area (Å²) in [6.07, 6.45) is 7.68. The smallest absolute Gasteiger partial charge is 0.224 e. The number of phenolic OH excluding ortho intramolecular Hbond substituents is 1. The SMILES string of the molecule is N#Cc1cnc(NCc2cc(O)ccc2Cl)nc1NC[C@]12CC3C[C@H](C1)[C@@H](N)[C@@H](C3)C2. The van der Waals surface area contributed by atoms with Crippen LogP contribution < -0.4 is 16.4 Å². The number of hydrogen-bond donors (Lipinski definition) is 4. The highest BCUT2D eigenvalue weighted by atomic mass is 35.5. The van der Waals surface area contributed by atoms with Gasteiger partial charge in [0, 0.05) is 24.2 Å². The lowest BCUT2D eigenvalue weighted by atomic mass is 9.48. The van der Waals surface area contributed by atoms with E-state index in [4.69, 9.17) is 17.3 Å². The first-order chi connectivity index (χ1) is 14.9. The van der Waals surface area contributed by atoms with Crippen LogP contribution in [-0.4, -0.2) is 27.7 Å². The van der Waals surface area contributed by atoms with Crippen molar-refractivity contribution in [3.63, 3.8) is 0 Å². The molecule has 0 aliphatic heterocycles. The van der Waals surface area contributed by atoms with Crippen LogP contribution >= 0.6 is 11.6 Å². The zero-order chi connectivity index (χ0) is 21.6. The summed E-state index contributed by atoms with van der Waals surface area (Å²) in [4.78, 5) is 8.81. The van der Waals surface area contributed by atoms with Gasteiger partial charge in [0.25, 0.3) is 0 Å². The van der Waals surface area contributed by atoms with E-state index in [1.807, 2.05) is 0 Å². The van der Waals surface area contributed by atoms with E-state index in [9.17, 15) is 10.4 Å². The Morgan fingerprint density at radius 2 is 2.00 bits per heavy atom. The van der Waals surface area contributed by atoms with Gasteiger partial charge in [0.1, 0.15) is 23.2 Å². The first-order valence-corrected chi connectivity index (χ1v) is 11.3. The molecule has 6 rings (SSSR count). The van der Waals surface area contributed by atoms with Crippen LogP contribution in [0, 0.1) is 34.5 Å². The van der Waals surface area contributed by atoms with E-state index in [0.29, 0.717) is 46.8 Å². The van der Waals surface area contributed by atoms with Gasteiger partial charge in [0.15, 0.2) is 0 Å². The number of phenols is 1. The van der Waals surface area contributed by atoms with E-state index in [1.54, 1.807) is 18.2 Å². The van der Waals surface area contributed by atoms with Crippen molar-refractivity contribution < 1.29 is 5.11 Å². The van der Waals surface area contributed by atoms with Crippen molar-refractivity contribution in [2.75, 3.05) is 17.2 Å². The summed E-state index contributed by atoms with van der Waals surface area (Å²) in [5.41, 5.74) is 7.92. The molecule has 7 nitrogen and oxygen atoms in total. The van der Waals surface area contributed by atoms with Gasteiger partial charge >= 0.3 is 0 Å². The number of aromatic nitrogens is 2. The van der Waals surface area contributed by atoms with E-state index in [1.165, 1.54) is 38.3 Å². The van der Waals surface area contributed by atoms with Gasteiger partial charge < -0.3 is 21.5 Å². The van der Waals surface area contributed by atoms with Crippen molar-refractivity contribution in [1.29, 1.82) is 5.26 Å². The van der Waals surface area contributed by atoms with Crippen LogP contribution in [0.1, 0.15) is 43.2 Å². The van der Waals surface area contributed by atoms with Crippen LogP contribution in [0.2, 0.25) is 5.02 Å². The van der Waals surface area contributed by atoms with Crippen LogP contribution in [0.3, 0.4) is 0 Å². The quantitative estimate of drug-likeness (QED) is 0.540. The molecule has 0 spiro atoms. The summed E-state index contributed by atoms with van der Waals surface area (Å²) in [6, 6.07) is 7.35. The minimum Gasteiger partial charge on any atom is -0.508 e. The minimum absolute atomic E-state index is 0.152. The molecule has 4 aliphatic rings. The molecule has 5 N–H and O–H groups in total. The lowest BCUT2D eigenvalue weighted by molar-refractivity contribution is -0.0591. The fourth-order valence-electron chi connectivity index (χ4n) is 6.27. The molecule has 8 heteroatoms. The Hall–Kier alpha value is -2.56. The van der Waals surface area contributed by atoms with E-state index < -0.39 is 0 Å². The number of halogens is 1. The monoisotopic (exact) mass is 438 g/mol. The Balaban J connectivity index is 1.29. The fraction of sp³-hybridized carbons (Fsp3) is 0.522.